The van der Waals surface area contributed by atoms with Gasteiger partial charge in [-0.15, -0.1) is 5.10 Å². The molecule has 7 nitrogen and oxygen atoms in total. The number of hydrogen-bond acceptors (Lipinski definition) is 5. The van der Waals surface area contributed by atoms with Gasteiger partial charge in [0.25, 0.3) is 0 Å². The van der Waals surface area contributed by atoms with Crippen LogP contribution in [0.2, 0.25) is 0 Å². The van der Waals surface area contributed by atoms with Crippen molar-refractivity contribution in [3.8, 4) is 11.3 Å². The first-order valence-electron chi connectivity index (χ1n) is 7.47. The number of nitrogens with one attached hydrogen (secondary N) is 1. The van der Waals surface area contributed by atoms with Crippen LogP contribution in [0.25, 0.3) is 11.3 Å². The number of aromatic nitrogens is 6. The molecule has 22 heavy (non-hydrogen) atoms. The molecule has 1 saturated heterocycles. The van der Waals surface area contributed by atoms with Crippen LogP contribution in [0, 0.1) is 0 Å². The van der Waals surface area contributed by atoms with Crippen LogP contribution >= 0.6 is 0 Å². The van der Waals surface area contributed by atoms with Crippen molar-refractivity contribution in [3.63, 3.8) is 0 Å². The van der Waals surface area contributed by atoms with Crippen molar-refractivity contribution < 1.29 is 0 Å². The zero-order valence-electron chi connectivity index (χ0n) is 12.2. The fourth-order valence-corrected chi connectivity index (χ4v) is 2.76. The first kappa shape index (κ1) is 13.0. The zero-order chi connectivity index (χ0) is 14.8. The second-order valence-corrected chi connectivity index (χ2v) is 5.46. The summed E-state index contributed by atoms with van der Waals surface area (Å²) < 4.78 is 1.77. The summed E-state index contributed by atoms with van der Waals surface area (Å²) in [6, 6.07) is 2.14. The highest BCUT2D eigenvalue weighted by Crippen LogP contribution is 2.24. The summed E-state index contributed by atoms with van der Waals surface area (Å²) in [5.74, 6) is 0.861. The van der Waals surface area contributed by atoms with Crippen LogP contribution in [0.3, 0.4) is 0 Å². The fraction of sp³-hybridized carbons (Fsp3) is 0.333. The van der Waals surface area contributed by atoms with E-state index in [2.05, 4.69) is 36.2 Å². The van der Waals surface area contributed by atoms with Crippen molar-refractivity contribution in [2.45, 2.75) is 19.4 Å². The molecule has 0 amide bonds. The molecule has 0 spiro atoms. The number of imidazole rings is 1. The molecule has 0 bridgehead atoms. The Kier molecular flexibility index (Phi) is 3.30. The molecule has 4 rings (SSSR count). The summed E-state index contributed by atoms with van der Waals surface area (Å²) in [6.07, 6.45) is 11.7. The highest BCUT2D eigenvalue weighted by atomic mass is 15.4. The van der Waals surface area contributed by atoms with E-state index in [0.29, 0.717) is 6.54 Å². The van der Waals surface area contributed by atoms with Gasteiger partial charge in [-0.1, -0.05) is 5.21 Å². The lowest BCUT2D eigenvalue weighted by Crippen LogP contribution is -2.17. The number of H-pyrrole nitrogens is 1. The van der Waals surface area contributed by atoms with Crippen molar-refractivity contribution in [1.29, 1.82) is 0 Å². The van der Waals surface area contributed by atoms with E-state index in [-0.39, 0.29) is 0 Å². The van der Waals surface area contributed by atoms with Gasteiger partial charge in [0, 0.05) is 37.2 Å². The maximum Gasteiger partial charge on any atom is 0.127 e. The van der Waals surface area contributed by atoms with Crippen LogP contribution in [-0.4, -0.2) is 43.0 Å². The molecule has 7 heteroatoms. The zero-order valence-corrected chi connectivity index (χ0v) is 12.2. The third-order valence-electron chi connectivity index (χ3n) is 3.90. The van der Waals surface area contributed by atoms with E-state index in [1.54, 1.807) is 17.1 Å². The van der Waals surface area contributed by atoms with Crippen LogP contribution in [0.4, 0.5) is 5.69 Å². The molecule has 0 radical (unpaired) electrons. The Hall–Kier alpha value is -2.70. The molecule has 1 aliphatic heterocycles. The van der Waals surface area contributed by atoms with E-state index in [1.165, 1.54) is 12.8 Å². The van der Waals surface area contributed by atoms with E-state index in [0.717, 1.165) is 35.9 Å². The maximum absolute atomic E-state index is 4.35. The SMILES string of the molecule is c1c[nH]c(Cn2cc(-c3cncc(N4CCCC4)c3)nn2)n1. The van der Waals surface area contributed by atoms with E-state index < -0.39 is 0 Å². The summed E-state index contributed by atoms with van der Waals surface area (Å²) in [5, 5.41) is 8.41. The predicted molar refractivity (Wildman–Crippen MR) is 82.4 cm³/mol. The predicted octanol–water partition coefficient (Wildman–Crippen LogP) is 1.71. The lowest BCUT2D eigenvalue weighted by Gasteiger charge is -2.17. The summed E-state index contributed by atoms with van der Waals surface area (Å²) >= 11 is 0. The Bertz CT molecular complexity index is 741. The lowest BCUT2D eigenvalue weighted by atomic mass is 10.2. The van der Waals surface area contributed by atoms with Crippen LogP contribution in [-0.2, 0) is 6.54 Å². The average Bonchev–Trinajstić information content (AvgIpc) is 3.31. The van der Waals surface area contributed by atoms with Crippen molar-refractivity contribution >= 4 is 5.69 Å². The molecule has 1 fully saturated rings. The topological polar surface area (TPSA) is 75.5 Å². The highest BCUT2D eigenvalue weighted by molar-refractivity contribution is 5.63. The van der Waals surface area contributed by atoms with Crippen molar-refractivity contribution in [2.24, 2.45) is 0 Å². The average molecular weight is 295 g/mol. The number of anilines is 1. The molecule has 112 valence electrons. The lowest BCUT2D eigenvalue weighted by molar-refractivity contribution is 0.629. The Balaban J connectivity index is 1.56. The van der Waals surface area contributed by atoms with E-state index in [4.69, 9.17) is 0 Å². The normalized spacial score (nSPS) is 14.6. The Labute approximate surface area is 128 Å². The van der Waals surface area contributed by atoms with Gasteiger partial charge in [-0.3, -0.25) is 4.98 Å². The Morgan fingerprint density at radius 2 is 2.09 bits per heavy atom. The number of rotatable bonds is 4. The van der Waals surface area contributed by atoms with Gasteiger partial charge in [0.2, 0.25) is 0 Å². The van der Waals surface area contributed by atoms with Gasteiger partial charge in [0.15, 0.2) is 0 Å². The molecular weight excluding hydrogens is 278 g/mol. The van der Waals surface area contributed by atoms with Gasteiger partial charge in [0.05, 0.1) is 18.1 Å². The van der Waals surface area contributed by atoms with E-state index in [9.17, 15) is 0 Å². The monoisotopic (exact) mass is 295 g/mol. The molecule has 0 unspecified atom stereocenters. The van der Waals surface area contributed by atoms with Gasteiger partial charge in [-0.25, -0.2) is 9.67 Å². The van der Waals surface area contributed by atoms with Crippen LogP contribution in [0.15, 0.2) is 37.1 Å². The first-order valence-corrected chi connectivity index (χ1v) is 7.47. The minimum atomic E-state index is 0.583. The summed E-state index contributed by atoms with van der Waals surface area (Å²) in [6.45, 7) is 2.80. The van der Waals surface area contributed by atoms with E-state index >= 15 is 0 Å². The molecular formula is C15H17N7. The Morgan fingerprint density at radius 1 is 1.18 bits per heavy atom. The maximum atomic E-state index is 4.35. The van der Waals surface area contributed by atoms with Gasteiger partial charge in [0.1, 0.15) is 18.1 Å². The second kappa shape index (κ2) is 5.59. The molecule has 0 aliphatic carbocycles. The van der Waals surface area contributed by atoms with Crippen molar-refractivity contribution in [2.75, 3.05) is 18.0 Å². The standard InChI is InChI=1S/C15H17N7/c1-2-6-21(5-1)13-7-12(8-16-9-13)14-10-22(20-19-14)11-15-17-3-4-18-15/h3-4,7-10H,1-2,5-6,11H2,(H,17,18). The van der Waals surface area contributed by atoms with Crippen molar-refractivity contribution in [3.05, 3.63) is 42.9 Å². The van der Waals surface area contributed by atoms with Gasteiger partial charge < -0.3 is 9.88 Å². The van der Waals surface area contributed by atoms with E-state index in [1.807, 2.05) is 18.6 Å². The first-order chi connectivity index (χ1) is 10.9. The largest absolute Gasteiger partial charge is 0.370 e. The fourth-order valence-electron chi connectivity index (χ4n) is 2.76. The van der Waals surface area contributed by atoms with Crippen molar-refractivity contribution in [1.82, 2.24) is 29.9 Å². The molecule has 3 aromatic heterocycles. The molecule has 1 aliphatic rings. The van der Waals surface area contributed by atoms with Crippen LogP contribution in [0.1, 0.15) is 18.7 Å². The van der Waals surface area contributed by atoms with Gasteiger partial charge in [-0.05, 0) is 18.9 Å². The molecule has 0 aromatic carbocycles. The second-order valence-electron chi connectivity index (χ2n) is 5.46. The number of hydrogen-bond donors (Lipinski definition) is 1. The number of pyridine rings is 1. The highest BCUT2D eigenvalue weighted by Gasteiger charge is 2.14. The molecule has 0 atom stereocenters. The third-order valence-corrected chi connectivity index (χ3v) is 3.90. The minimum Gasteiger partial charge on any atom is -0.370 e. The molecule has 4 heterocycles. The Morgan fingerprint density at radius 3 is 2.91 bits per heavy atom. The molecule has 1 N–H and O–H groups in total. The molecule has 3 aromatic rings. The third kappa shape index (κ3) is 2.57. The smallest absolute Gasteiger partial charge is 0.127 e. The summed E-state index contributed by atoms with van der Waals surface area (Å²) in [7, 11) is 0. The van der Waals surface area contributed by atoms with Crippen LogP contribution in [0.5, 0.6) is 0 Å². The molecule has 0 saturated carbocycles. The number of nitrogens with zero attached hydrogens (tertiary/aromatic N) is 6. The van der Waals surface area contributed by atoms with Gasteiger partial charge in [-0.2, -0.15) is 0 Å². The quantitative estimate of drug-likeness (QED) is 0.793. The van der Waals surface area contributed by atoms with Crippen LogP contribution < -0.4 is 4.90 Å². The summed E-state index contributed by atoms with van der Waals surface area (Å²) in [5.41, 5.74) is 2.99. The minimum absolute atomic E-state index is 0.583. The number of aromatic amines is 1. The van der Waals surface area contributed by atoms with Gasteiger partial charge >= 0.3 is 0 Å². The summed E-state index contributed by atoms with van der Waals surface area (Å²) in [4.78, 5) is 14.0.